The van der Waals surface area contributed by atoms with Crippen LogP contribution in [0.1, 0.15) is 43.8 Å². The van der Waals surface area contributed by atoms with Gasteiger partial charge in [0.2, 0.25) is 11.9 Å². The van der Waals surface area contributed by atoms with E-state index in [0.717, 1.165) is 25.2 Å². The molecule has 1 atom stereocenters. The number of halogens is 5. The van der Waals surface area contributed by atoms with Gasteiger partial charge >= 0.3 is 5.69 Å². The first-order valence-electron chi connectivity index (χ1n) is 23.2. The van der Waals surface area contributed by atoms with Gasteiger partial charge in [0.1, 0.15) is 34.4 Å². The molecule has 8 aromatic rings. The van der Waals surface area contributed by atoms with Crippen LogP contribution in [0, 0.1) is 24.4 Å². The highest BCUT2D eigenvalue weighted by Crippen LogP contribution is 2.37. The Morgan fingerprint density at radius 2 is 1.78 bits per heavy atom. The van der Waals surface area contributed by atoms with Crippen LogP contribution >= 0.6 is 27.5 Å². The predicted molar refractivity (Wildman–Crippen MR) is 272 cm³/mol. The molecule has 23 heteroatoms. The number of phenols is 1. The second kappa shape index (κ2) is 19.1. The maximum absolute atomic E-state index is 16.5. The lowest BCUT2D eigenvalue weighted by Crippen LogP contribution is -2.55. The minimum atomic E-state index is -0.957. The number of H-pyrrole nitrogens is 1. The lowest BCUT2D eigenvalue weighted by atomic mass is 10.0. The Morgan fingerprint density at radius 1 is 1.00 bits per heavy atom. The van der Waals surface area contributed by atoms with E-state index in [2.05, 4.69) is 69.4 Å². The molecule has 2 fully saturated rings. The maximum atomic E-state index is 16.5. The average molecular weight is 1070 g/mol. The van der Waals surface area contributed by atoms with E-state index in [-0.39, 0.29) is 77.5 Å². The predicted octanol–water partition coefficient (Wildman–Crippen LogP) is 7.18. The topological polar surface area (TPSA) is 186 Å². The highest BCUT2D eigenvalue weighted by atomic mass is 79.9. The fourth-order valence-corrected chi connectivity index (χ4v) is 9.91. The number of nitrogens with one attached hydrogen (secondary N) is 1. The number of aryl methyl sites for hydroxylation is 1. The van der Waals surface area contributed by atoms with Crippen LogP contribution in [0.5, 0.6) is 5.75 Å². The molecule has 10 rings (SSSR count). The molecule has 72 heavy (non-hydrogen) atoms. The third kappa shape index (κ3) is 8.73. The first-order chi connectivity index (χ1) is 34.5. The lowest BCUT2D eigenvalue weighted by Gasteiger charge is -2.41. The van der Waals surface area contributed by atoms with Crippen molar-refractivity contribution in [3.05, 3.63) is 122 Å². The van der Waals surface area contributed by atoms with Gasteiger partial charge in [0.05, 0.1) is 56.6 Å². The van der Waals surface area contributed by atoms with Crippen molar-refractivity contribution in [2.75, 3.05) is 74.1 Å². The molecule has 2 aliphatic rings. The second-order valence-corrected chi connectivity index (χ2v) is 19.7. The fourth-order valence-electron chi connectivity index (χ4n) is 9.41. The van der Waals surface area contributed by atoms with Gasteiger partial charge in [-0.15, -0.1) is 0 Å². The highest BCUT2D eigenvalue weighted by Gasteiger charge is 2.34. The van der Waals surface area contributed by atoms with Gasteiger partial charge in [-0.3, -0.25) is 9.78 Å². The number of hydrogen-bond donors (Lipinski definition) is 2. The van der Waals surface area contributed by atoms with E-state index in [0.29, 0.717) is 63.4 Å². The number of carbonyl (C=O) groups is 1. The molecule has 6 aromatic heterocycles. The monoisotopic (exact) mass is 1070 g/mol. The van der Waals surface area contributed by atoms with Crippen molar-refractivity contribution in [2.45, 2.75) is 46.2 Å². The summed E-state index contributed by atoms with van der Waals surface area (Å²) in [5.41, 5.74) is 1.05. The number of fused-ring (bicyclic) bond motifs is 3. The number of anilines is 3. The molecule has 8 heterocycles. The second-order valence-electron chi connectivity index (χ2n) is 18.4. The Morgan fingerprint density at radius 3 is 2.51 bits per heavy atom. The van der Waals surface area contributed by atoms with Crippen LogP contribution in [0.25, 0.3) is 44.7 Å². The Bertz CT molecular complexity index is 3520. The molecule has 2 aliphatic heterocycles. The number of aromatic hydroxyl groups is 1. The molecule has 18 nitrogen and oxygen atoms in total. The van der Waals surface area contributed by atoms with E-state index in [9.17, 15) is 14.7 Å². The summed E-state index contributed by atoms with van der Waals surface area (Å²) in [7, 11) is 2.05. The van der Waals surface area contributed by atoms with Crippen LogP contribution in [0.15, 0.2) is 76.3 Å². The molecule has 372 valence electrons. The average Bonchev–Trinajstić information content (AvgIpc) is 3.95. The van der Waals surface area contributed by atoms with Crippen molar-refractivity contribution in [3.63, 3.8) is 0 Å². The summed E-state index contributed by atoms with van der Waals surface area (Å²) < 4.78 is 50.5. The number of aromatic nitrogens is 10. The summed E-state index contributed by atoms with van der Waals surface area (Å²) in [6.45, 7) is 15.1. The standard InChI is InChI=1S/C49H48BrClF3N15O3/c1-25(2)39-42(26(3)12-13-55-39)68-44-29(20-33(53)40(59-44)37-32(52)8-7-9-35(37)70)43(61-49(68)72)67-19-18-65(23-28(67)5)46(71)27(4)22-66(24-36-57-34-11-10-31(51)38(54)41(34)58-36)48-62-47(64-16-14-63(6)15-17-64)60-45-30(50)21-56-69(45)48/h7-13,20-21,25,28,70H,4,14-19,22-24H2,1-3,5-6H3,(H,57,58)/t28-/m0/s1. The number of hydrogen-bond acceptors (Lipinski definition) is 14. The highest BCUT2D eigenvalue weighted by molar-refractivity contribution is 9.10. The summed E-state index contributed by atoms with van der Waals surface area (Å²) in [4.78, 5) is 70.1. The molecule has 2 saturated heterocycles. The molecule has 2 N–H and O–H groups in total. The van der Waals surface area contributed by atoms with Gasteiger partial charge in [0.15, 0.2) is 22.9 Å². The number of aromatic amines is 1. The molecule has 0 radical (unpaired) electrons. The van der Waals surface area contributed by atoms with Crippen LogP contribution in [0.3, 0.4) is 0 Å². The van der Waals surface area contributed by atoms with Crippen molar-refractivity contribution in [3.8, 4) is 22.7 Å². The summed E-state index contributed by atoms with van der Waals surface area (Å²) in [5.74, 6) is -2.34. The third-order valence-corrected chi connectivity index (χ3v) is 14.0. The Hall–Kier alpha value is -7.17. The molecule has 0 bridgehead atoms. The van der Waals surface area contributed by atoms with Crippen molar-refractivity contribution in [1.29, 1.82) is 0 Å². The summed E-state index contributed by atoms with van der Waals surface area (Å²) in [6, 6.07) is 9.07. The number of benzene rings is 2. The van der Waals surface area contributed by atoms with Crippen molar-refractivity contribution in [2.24, 2.45) is 0 Å². The first kappa shape index (κ1) is 48.5. The number of imidazole rings is 1. The third-order valence-electron chi connectivity index (χ3n) is 13.1. The van der Waals surface area contributed by atoms with Crippen LogP contribution in [-0.2, 0) is 11.3 Å². The fraction of sp³-hybridized carbons (Fsp3) is 0.327. The molecule has 0 spiro atoms. The van der Waals surface area contributed by atoms with E-state index in [1.165, 1.54) is 22.8 Å². The number of likely N-dealkylation sites (N-methyl/N-ethyl adjacent to an activating group) is 1. The van der Waals surface area contributed by atoms with Crippen LogP contribution < -0.4 is 20.4 Å². The number of phenolic OH excluding ortho intramolecular Hbond substituents is 1. The van der Waals surface area contributed by atoms with Gasteiger partial charge < -0.3 is 34.6 Å². The molecule has 2 aromatic carbocycles. The van der Waals surface area contributed by atoms with Crippen molar-refractivity contribution < 1.29 is 23.1 Å². The SMILES string of the molecule is C=C(CN(Cc1nc2c(F)c(Cl)ccc2[nH]1)c1nc(N2CCN(C)CC2)nc2c(Br)cnn12)C(=O)N1CCN(c2nc(=O)n(-c3c(C)ccnc3C(C)C)c3nc(-c4c(O)cccc4F)c(F)cc23)[C@@H](C)C1. The maximum Gasteiger partial charge on any atom is 0.355 e. The molecule has 1 amide bonds. The van der Waals surface area contributed by atoms with E-state index in [1.54, 1.807) is 45.8 Å². The van der Waals surface area contributed by atoms with E-state index < -0.39 is 46.2 Å². The first-order valence-corrected chi connectivity index (χ1v) is 24.4. The molecule has 0 unspecified atom stereocenters. The van der Waals surface area contributed by atoms with Gasteiger partial charge in [-0.2, -0.15) is 24.6 Å². The molecule has 0 aliphatic carbocycles. The van der Waals surface area contributed by atoms with Gasteiger partial charge in [0, 0.05) is 63.6 Å². The molecule has 0 saturated carbocycles. The van der Waals surface area contributed by atoms with Crippen molar-refractivity contribution in [1.82, 2.24) is 58.9 Å². The lowest BCUT2D eigenvalue weighted by molar-refractivity contribution is -0.127. The van der Waals surface area contributed by atoms with Crippen LogP contribution in [-0.4, -0.2) is 135 Å². The van der Waals surface area contributed by atoms with Gasteiger partial charge in [-0.1, -0.05) is 38.1 Å². The quantitative estimate of drug-likeness (QED) is 0.124. The normalized spacial score (nSPS) is 15.7. The van der Waals surface area contributed by atoms with Gasteiger partial charge in [0.25, 0.3) is 5.91 Å². The largest absolute Gasteiger partial charge is 0.507 e. The smallest absolute Gasteiger partial charge is 0.355 e. The summed E-state index contributed by atoms with van der Waals surface area (Å²) >= 11 is 9.72. The van der Waals surface area contributed by atoms with E-state index in [4.69, 9.17) is 21.6 Å². The number of nitrogens with zero attached hydrogens (tertiary/aromatic N) is 14. The van der Waals surface area contributed by atoms with Crippen molar-refractivity contribution >= 4 is 78.9 Å². The zero-order valence-electron chi connectivity index (χ0n) is 39.8. The minimum Gasteiger partial charge on any atom is -0.507 e. The Labute approximate surface area is 423 Å². The molecular formula is C49H48BrClF3N15O3. The van der Waals surface area contributed by atoms with Crippen LogP contribution in [0.2, 0.25) is 5.02 Å². The van der Waals surface area contributed by atoms with Crippen LogP contribution in [0.4, 0.5) is 30.9 Å². The number of pyridine rings is 2. The molecular weight excluding hydrogens is 1020 g/mol. The van der Waals surface area contributed by atoms with Gasteiger partial charge in [-0.05, 0) is 84.7 Å². The summed E-state index contributed by atoms with van der Waals surface area (Å²) in [5, 5.41) is 15.4. The zero-order chi connectivity index (χ0) is 50.9. The number of rotatable bonds is 11. The number of amides is 1. The number of piperazine rings is 2. The zero-order valence-corrected chi connectivity index (χ0v) is 42.2. The van der Waals surface area contributed by atoms with E-state index in [1.807, 2.05) is 25.7 Å². The minimum absolute atomic E-state index is 0.0122. The number of carbonyl (C=O) groups excluding carboxylic acids is 1. The Kier molecular flexibility index (Phi) is 12.9. The Balaban J connectivity index is 0.987. The van der Waals surface area contributed by atoms with E-state index >= 15 is 13.2 Å². The van der Waals surface area contributed by atoms with Gasteiger partial charge in [-0.25, -0.2) is 32.5 Å². The summed E-state index contributed by atoms with van der Waals surface area (Å²) in [6.07, 6.45) is 3.24.